The first-order chi connectivity index (χ1) is 14.4. The highest BCUT2D eigenvalue weighted by atomic mass is 79.9. The lowest BCUT2D eigenvalue weighted by Crippen LogP contribution is -2.29. The zero-order valence-corrected chi connectivity index (χ0v) is 19.2. The number of hydrogen-bond donors (Lipinski definition) is 2. The van der Waals surface area contributed by atoms with Gasteiger partial charge in [0.15, 0.2) is 0 Å². The van der Waals surface area contributed by atoms with Gasteiger partial charge in [0, 0.05) is 41.0 Å². The number of rotatable bonds is 8. The molecule has 0 aliphatic carbocycles. The molecule has 2 N–H and O–H groups in total. The molecule has 0 spiro atoms. The molecule has 3 rings (SSSR count). The molecule has 1 fully saturated rings. The maximum Gasteiger partial charge on any atom is 0.255 e. The minimum Gasteiger partial charge on any atom is -0.371 e. The Morgan fingerprint density at radius 2 is 1.83 bits per heavy atom. The largest absolute Gasteiger partial charge is 0.371 e. The molecule has 7 heteroatoms. The number of nitrogens with zero attached hydrogens (tertiary/aromatic N) is 2. The molecule has 2 amide bonds. The van der Waals surface area contributed by atoms with Gasteiger partial charge >= 0.3 is 0 Å². The normalized spacial score (nSPS) is 13.5. The quantitative estimate of drug-likeness (QED) is 0.570. The van der Waals surface area contributed by atoms with Gasteiger partial charge in [-0.2, -0.15) is 0 Å². The van der Waals surface area contributed by atoms with Crippen LogP contribution in [-0.4, -0.2) is 57.0 Å². The van der Waals surface area contributed by atoms with E-state index < -0.39 is 0 Å². The number of anilines is 2. The lowest BCUT2D eigenvalue weighted by atomic mass is 10.1. The van der Waals surface area contributed by atoms with Crippen molar-refractivity contribution in [3.63, 3.8) is 0 Å². The minimum atomic E-state index is -0.206. The van der Waals surface area contributed by atoms with E-state index in [1.807, 2.05) is 38.4 Å². The maximum atomic E-state index is 12.9. The molecule has 1 aliphatic heterocycles. The van der Waals surface area contributed by atoms with E-state index in [9.17, 15) is 9.59 Å². The summed E-state index contributed by atoms with van der Waals surface area (Å²) in [5.74, 6) is -0.309. The van der Waals surface area contributed by atoms with Crippen molar-refractivity contribution in [2.45, 2.75) is 19.3 Å². The van der Waals surface area contributed by atoms with Crippen molar-refractivity contribution in [3.05, 3.63) is 58.1 Å². The van der Waals surface area contributed by atoms with E-state index in [-0.39, 0.29) is 11.8 Å². The van der Waals surface area contributed by atoms with Gasteiger partial charge in [-0.3, -0.25) is 9.59 Å². The topological polar surface area (TPSA) is 64.7 Å². The second-order valence-corrected chi connectivity index (χ2v) is 8.72. The second-order valence-electron chi connectivity index (χ2n) is 7.80. The third kappa shape index (κ3) is 6.06. The van der Waals surface area contributed by atoms with Crippen LogP contribution in [-0.2, 0) is 0 Å². The van der Waals surface area contributed by atoms with E-state index >= 15 is 0 Å². The summed E-state index contributed by atoms with van der Waals surface area (Å²) in [6, 6.07) is 12.8. The van der Waals surface area contributed by atoms with E-state index in [4.69, 9.17) is 0 Å². The van der Waals surface area contributed by atoms with E-state index in [1.54, 1.807) is 18.2 Å². The van der Waals surface area contributed by atoms with E-state index in [0.29, 0.717) is 23.4 Å². The second kappa shape index (κ2) is 10.6. The van der Waals surface area contributed by atoms with Crippen molar-refractivity contribution >= 4 is 39.1 Å². The van der Waals surface area contributed by atoms with Gasteiger partial charge in [-0.05, 0) is 76.3 Å². The Balaban J connectivity index is 1.77. The van der Waals surface area contributed by atoms with Gasteiger partial charge < -0.3 is 20.4 Å². The Labute approximate surface area is 186 Å². The molecule has 0 atom stereocenters. The van der Waals surface area contributed by atoms with Gasteiger partial charge in [0.1, 0.15) is 0 Å². The van der Waals surface area contributed by atoms with E-state index in [2.05, 4.69) is 36.4 Å². The summed E-state index contributed by atoms with van der Waals surface area (Å²) in [4.78, 5) is 29.9. The fourth-order valence-corrected chi connectivity index (χ4v) is 3.95. The summed E-state index contributed by atoms with van der Waals surface area (Å²) >= 11 is 3.39. The lowest BCUT2D eigenvalue weighted by molar-refractivity contribution is 0.0951. The van der Waals surface area contributed by atoms with Crippen LogP contribution >= 0.6 is 15.9 Å². The van der Waals surface area contributed by atoms with Crippen LogP contribution in [0.2, 0.25) is 0 Å². The highest BCUT2D eigenvalue weighted by Crippen LogP contribution is 2.28. The molecule has 1 heterocycles. The number of carbonyl (C=O) groups excluding carboxylic acids is 2. The van der Waals surface area contributed by atoms with Crippen LogP contribution in [0.25, 0.3) is 0 Å². The number of hydrogen-bond acceptors (Lipinski definition) is 4. The summed E-state index contributed by atoms with van der Waals surface area (Å²) < 4.78 is 0.845. The Hall–Kier alpha value is -2.38. The molecule has 2 aromatic carbocycles. The van der Waals surface area contributed by atoms with Crippen molar-refractivity contribution in [3.8, 4) is 0 Å². The average molecular weight is 473 g/mol. The number of benzene rings is 2. The van der Waals surface area contributed by atoms with Crippen LogP contribution in [0.1, 0.15) is 40.0 Å². The van der Waals surface area contributed by atoms with Gasteiger partial charge in [0.25, 0.3) is 11.8 Å². The molecule has 1 aliphatic rings. The average Bonchev–Trinajstić information content (AvgIpc) is 3.25. The van der Waals surface area contributed by atoms with Crippen LogP contribution in [0.15, 0.2) is 46.9 Å². The first kappa shape index (κ1) is 22.3. The summed E-state index contributed by atoms with van der Waals surface area (Å²) in [5, 5.41) is 5.94. The Morgan fingerprint density at radius 3 is 2.53 bits per heavy atom. The molecule has 0 radical (unpaired) electrons. The van der Waals surface area contributed by atoms with Gasteiger partial charge in [0.05, 0.1) is 5.56 Å². The lowest BCUT2D eigenvalue weighted by Gasteiger charge is -2.22. The smallest absolute Gasteiger partial charge is 0.255 e. The molecule has 0 saturated carbocycles. The van der Waals surface area contributed by atoms with Crippen LogP contribution in [0.5, 0.6) is 0 Å². The fraction of sp³-hybridized carbons (Fsp3) is 0.391. The number of amides is 2. The molecule has 2 aromatic rings. The fourth-order valence-electron chi connectivity index (χ4n) is 3.55. The maximum absolute atomic E-state index is 12.9. The highest BCUT2D eigenvalue weighted by Gasteiger charge is 2.20. The predicted octanol–water partition coefficient (Wildman–Crippen LogP) is 3.98. The molecule has 0 bridgehead atoms. The van der Waals surface area contributed by atoms with Crippen LogP contribution < -0.4 is 15.5 Å². The van der Waals surface area contributed by atoms with Crippen molar-refractivity contribution in [2.24, 2.45) is 0 Å². The zero-order chi connectivity index (χ0) is 21.5. The highest BCUT2D eigenvalue weighted by molar-refractivity contribution is 9.10. The Kier molecular flexibility index (Phi) is 7.87. The molecular weight excluding hydrogens is 444 g/mol. The summed E-state index contributed by atoms with van der Waals surface area (Å²) in [5.41, 5.74) is 2.70. The van der Waals surface area contributed by atoms with Crippen molar-refractivity contribution < 1.29 is 9.59 Å². The van der Waals surface area contributed by atoms with Crippen molar-refractivity contribution in [2.75, 3.05) is 50.5 Å². The van der Waals surface area contributed by atoms with Crippen LogP contribution in [0.3, 0.4) is 0 Å². The molecule has 0 unspecified atom stereocenters. The van der Waals surface area contributed by atoms with Gasteiger partial charge in [-0.25, -0.2) is 0 Å². The summed E-state index contributed by atoms with van der Waals surface area (Å²) in [6.45, 7) is 3.43. The predicted molar refractivity (Wildman–Crippen MR) is 125 cm³/mol. The standard InChI is InChI=1S/C23H29BrN4O2/c1-27(2)12-6-11-25-23(30)20-16-19(9-10-21(20)28-13-3-4-14-28)26-22(29)17-7-5-8-18(24)15-17/h5,7-10,15-16H,3-4,6,11-14H2,1-2H3,(H,25,30)(H,26,29). The van der Waals surface area contributed by atoms with E-state index in [1.165, 1.54) is 0 Å². The molecule has 6 nitrogen and oxygen atoms in total. The number of nitrogens with one attached hydrogen (secondary N) is 2. The third-order valence-corrected chi connectivity index (χ3v) is 5.59. The zero-order valence-electron chi connectivity index (χ0n) is 17.6. The first-order valence-electron chi connectivity index (χ1n) is 10.3. The Bertz CT molecular complexity index is 895. The van der Waals surface area contributed by atoms with Crippen molar-refractivity contribution in [1.29, 1.82) is 0 Å². The van der Waals surface area contributed by atoms with Crippen molar-refractivity contribution in [1.82, 2.24) is 10.2 Å². The van der Waals surface area contributed by atoms with Crippen LogP contribution in [0.4, 0.5) is 11.4 Å². The van der Waals surface area contributed by atoms with Gasteiger partial charge in [-0.15, -0.1) is 0 Å². The SMILES string of the molecule is CN(C)CCCNC(=O)c1cc(NC(=O)c2cccc(Br)c2)ccc1N1CCCC1. The molecule has 1 saturated heterocycles. The molecule has 30 heavy (non-hydrogen) atoms. The molecule has 0 aromatic heterocycles. The number of carbonyl (C=O) groups is 2. The number of halogens is 1. The Morgan fingerprint density at radius 1 is 1.07 bits per heavy atom. The summed E-state index contributed by atoms with van der Waals surface area (Å²) in [6.07, 6.45) is 3.15. The first-order valence-corrected chi connectivity index (χ1v) is 11.1. The van der Waals surface area contributed by atoms with Gasteiger partial charge in [0.2, 0.25) is 0 Å². The van der Waals surface area contributed by atoms with Crippen LogP contribution in [0, 0.1) is 0 Å². The minimum absolute atomic E-state index is 0.103. The molecule has 160 valence electrons. The van der Waals surface area contributed by atoms with E-state index in [0.717, 1.165) is 49.1 Å². The monoisotopic (exact) mass is 472 g/mol. The molecular formula is C23H29BrN4O2. The third-order valence-electron chi connectivity index (χ3n) is 5.10. The van der Waals surface area contributed by atoms with Gasteiger partial charge in [-0.1, -0.05) is 22.0 Å². The summed E-state index contributed by atoms with van der Waals surface area (Å²) in [7, 11) is 4.04.